The first-order chi connectivity index (χ1) is 16.7. The van der Waals surface area contributed by atoms with Crippen molar-refractivity contribution in [3.8, 4) is 23.0 Å². The van der Waals surface area contributed by atoms with Gasteiger partial charge in [0, 0.05) is 18.0 Å². The molecule has 180 valence electrons. The lowest BCUT2D eigenvalue weighted by Crippen LogP contribution is -2.41. The Kier molecular flexibility index (Phi) is 6.92. The highest BCUT2D eigenvalue weighted by molar-refractivity contribution is 7.10. The fraction of sp³-hybridized carbons (Fsp3) is 0.385. The average Bonchev–Trinajstić information content (AvgIpc) is 3.55. The summed E-state index contributed by atoms with van der Waals surface area (Å²) in [5.74, 6) is 2.95. The number of methoxy groups -OCH3 is 2. The standard InChI is InChI=1S/C26H29NO6S/c1-29-22-11-18-7-8-27(26(25-4-3-9-34-25)20(18)12-23(22)30-2)13-19(28)15-31-14-17-5-6-21-24(10-17)33-16-32-21/h3-6,9-12,19,26,28H,7-8,13-16H2,1-2H3/t19-,26-/m0/s1. The lowest BCUT2D eigenvalue weighted by atomic mass is 9.90. The van der Waals surface area contributed by atoms with Crippen molar-refractivity contribution in [1.82, 2.24) is 4.90 Å². The van der Waals surface area contributed by atoms with Gasteiger partial charge in [0.15, 0.2) is 23.0 Å². The van der Waals surface area contributed by atoms with E-state index in [4.69, 9.17) is 23.7 Å². The highest BCUT2D eigenvalue weighted by Crippen LogP contribution is 2.42. The van der Waals surface area contributed by atoms with Crippen LogP contribution in [0.1, 0.15) is 27.6 Å². The van der Waals surface area contributed by atoms with E-state index in [1.54, 1.807) is 25.6 Å². The van der Waals surface area contributed by atoms with Crippen LogP contribution in [0.3, 0.4) is 0 Å². The molecule has 2 aliphatic heterocycles. The Morgan fingerprint density at radius 3 is 2.71 bits per heavy atom. The third-order valence-electron chi connectivity index (χ3n) is 6.25. The molecule has 3 aromatic rings. The van der Waals surface area contributed by atoms with Crippen LogP contribution in [-0.2, 0) is 17.8 Å². The summed E-state index contributed by atoms with van der Waals surface area (Å²) in [7, 11) is 3.32. The van der Waals surface area contributed by atoms with Crippen LogP contribution in [0.15, 0.2) is 47.8 Å². The van der Waals surface area contributed by atoms with Crippen molar-refractivity contribution in [2.24, 2.45) is 0 Å². The van der Waals surface area contributed by atoms with Gasteiger partial charge in [0.05, 0.1) is 39.6 Å². The van der Waals surface area contributed by atoms with Crippen LogP contribution in [0.2, 0.25) is 0 Å². The Balaban J connectivity index is 1.27. The largest absolute Gasteiger partial charge is 0.493 e. The molecule has 8 heteroatoms. The quantitative estimate of drug-likeness (QED) is 0.493. The second-order valence-corrected chi connectivity index (χ2v) is 9.40. The van der Waals surface area contributed by atoms with Gasteiger partial charge in [-0.15, -0.1) is 11.3 Å². The molecule has 0 saturated heterocycles. The maximum atomic E-state index is 10.8. The maximum Gasteiger partial charge on any atom is 0.231 e. The zero-order chi connectivity index (χ0) is 23.5. The van der Waals surface area contributed by atoms with E-state index >= 15 is 0 Å². The smallest absolute Gasteiger partial charge is 0.231 e. The molecule has 3 heterocycles. The first-order valence-corrected chi connectivity index (χ1v) is 12.2. The number of hydrogen-bond donors (Lipinski definition) is 1. The summed E-state index contributed by atoms with van der Waals surface area (Å²) in [6.45, 7) is 2.26. The number of benzene rings is 2. The van der Waals surface area contributed by atoms with Gasteiger partial charge >= 0.3 is 0 Å². The third-order valence-corrected chi connectivity index (χ3v) is 7.17. The Morgan fingerprint density at radius 2 is 1.91 bits per heavy atom. The monoisotopic (exact) mass is 483 g/mol. The van der Waals surface area contributed by atoms with E-state index in [2.05, 4.69) is 34.5 Å². The first-order valence-electron chi connectivity index (χ1n) is 11.3. The lowest BCUT2D eigenvalue weighted by molar-refractivity contribution is 0.00398. The number of rotatable bonds is 9. The van der Waals surface area contributed by atoms with Crippen LogP contribution in [0.4, 0.5) is 0 Å². The number of fused-ring (bicyclic) bond motifs is 2. The van der Waals surface area contributed by atoms with Crippen molar-refractivity contribution < 1.29 is 28.8 Å². The Morgan fingerprint density at radius 1 is 1.09 bits per heavy atom. The first kappa shape index (κ1) is 23.0. The number of hydrogen-bond acceptors (Lipinski definition) is 8. The zero-order valence-corrected chi connectivity index (χ0v) is 20.2. The number of aliphatic hydroxyl groups excluding tert-OH is 1. The molecule has 0 spiro atoms. The second-order valence-electron chi connectivity index (χ2n) is 8.43. The molecule has 0 unspecified atom stereocenters. The van der Waals surface area contributed by atoms with E-state index < -0.39 is 6.10 Å². The van der Waals surface area contributed by atoms with Crippen molar-refractivity contribution in [3.05, 3.63) is 69.4 Å². The molecule has 2 atom stereocenters. The second kappa shape index (κ2) is 10.2. The number of aliphatic hydroxyl groups is 1. The molecule has 2 aliphatic rings. The zero-order valence-electron chi connectivity index (χ0n) is 19.4. The van der Waals surface area contributed by atoms with Crippen LogP contribution >= 0.6 is 11.3 Å². The number of nitrogens with zero attached hydrogens (tertiary/aromatic N) is 1. The van der Waals surface area contributed by atoms with Crippen molar-refractivity contribution in [1.29, 1.82) is 0 Å². The minimum Gasteiger partial charge on any atom is -0.493 e. The summed E-state index contributed by atoms with van der Waals surface area (Å²) >= 11 is 1.72. The summed E-state index contributed by atoms with van der Waals surface area (Å²) in [4.78, 5) is 3.57. The number of β-amino-alcohol motifs (C(OH)–C–C–N with tert-alkyl or cyclic N) is 1. The minimum absolute atomic E-state index is 0.0482. The normalized spacial score (nSPS) is 17.9. The van der Waals surface area contributed by atoms with E-state index in [-0.39, 0.29) is 19.4 Å². The van der Waals surface area contributed by atoms with E-state index in [0.29, 0.717) is 13.2 Å². The molecular formula is C26H29NO6S. The summed E-state index contributed by atoms with van der Waals surface area (Å²) in [6, 6.07) is 14.2. The van der Waals surface area contributed by atoms with Crippen LogP contribution < -0.4 is 18.9 Å². The van der Waals surface area contributed by atoms with Gasteiger partial charge in [-0.2, -0.15) is 0 Å². The summed E-state index contributed by atoms with van der Waals surface area (Å²) in [6.07, 6.45) is 0.265. The molecule has 0 aliphatic carbocycles. The average molecular weight is 484 g/mol. The van der Waals surface area contributed by atoms with Crippen LogP contribution in [0.25, 0.3) is 0 Å². The van der Waals surface area contributed by atoms with Crippen molar-refractivity contribution in [3.63, 3.8) is 0 Å². The van der Waals surface area contributed by atoms with Crippen molar-refractivity contribution in [2.45, 2.75) is 25.2 Å². The molecular weight excluding hydrogens is 454 g/mol. The maximum absolute atomic E-state index is 10.8. The highest BCUT2D eigenvalue weighted by Gasteiger charge is 2.32. The predicted octanol–water partition coefficient (Wildman–Crippen LogP) is 4.02. The molecule has 0 saturated carbocycles. The molecule has 0 radical (unpaired) electrons. The van der Waals surface area contributed by atoms with Gasteiger partial charge in [0.25, 0.3) is 0 Å². The van der Waals surface area contributed by atoms with Gasteiger partial charge in [0.2, 0.25) is 6.79 Å². The van der Waals surface area contributed by atoms with Gasteiger partial charge in [-0.05, 0) is 58.8 Å². The molecule has 0 fully saturated rings. The van der Waals surface area contributed by atoms with E-state index in [9.17, 15) is 5.11 Å². The summed E-state index contributed by atoms with van der Waals surface area (Å²) in [5, 5.41) is 12.9. The fourth-order valence-electron chi connectivity index (χ4n) is 4.64. The van der Waals surface area contributed by atoms with Gasteiger partial charge in [-0.3, -0.25) is 4.90 Å². The molecule has 0 amide bonds. The Hall–Kier alpha value is -2.78. The minimum atomic E-state index is -0.613. The van der Waals surface area contributed by atoms with E-state index in [1.807, 2.05) is 18.2 Å². The van der Waals surface area contributed by atoms with Crippen LogP contribution in [-0.4, -0.2) is 56.8 Å². The molecule has 5 rings (SSSR count). The molecule has 1 aromatic heterocycles. The third kappa shape index (κ3) is 4.72. The molecule has 2 aromatic carbocycles. The number of ether oxygens (including phenoxy) is 5. The topological polar surface area (TPSA) is 69.6 Å². The predicted molar refractivity (Wildman–Crippen MR) is 129 cm³/mol. The Bertz CT molecular complexity index is 1120. The Labute approximate surface area is 203 Å². The number of thiophene rings is 1. The van der Waals surface area contributed by atoms with Gasteiger partial charge in [-0.1, -0.05) is 12.1 Å². The van der Waals surface area contributed by atoms with Crippen molar-refractivity contribution >= 4 is 11.3 Å². The molecule has 34 heavy (non-hydrogen) atoms. The van der Waals surface area contributed by atoms with Crippen LogP contribution in [0.5, 0.6) is 23.0 Å². The molecule has 0 bridgehead atoms. The SMILES string of the molecule is COc1cc2c(cc1OC)[C@@H](c1cccs1)N(C[C@H](O)COCc1ccc3c(c1)OCO3)CC2. The van der Waals surface area contributed by atoms with Crippen molar-refractivity contribution in [2.75, 3.05) is 40.7 Å². The van der Waals surface area contributed by atoms with E-state index in [0.717, 1.165) is 41.5 Å². The van der Waals surface area contributed by atoms with E-state index in [1.165, 1.54) is 16.0 Å². The lowest BCUT2D eigenvalue weighted by Gasteiger charge is -2.38. The molecule has 1 N–H and O–H groups in total. The van der Waals surface area contributed by atoms with Gasteiger partial charge in [0.1, 0.15) is 0 Å². The summed E-state index contributed by atoms with van der Waals surface area (Å²) in [5.41, 5.74) is 3.43. The highest BCUT2D eigenvalue weighted by atomic mass is 32.1. The molecule has 7 nitrogen and oxygen atoms in total. The summed E-state index contributed by atoms with van der Waals surface area (Å²) < 4.78 is 27.7. The van der Waals surface area contributed by atoms with Crippen LogP contribution in [0, 0.1) is 0 Å². The van der Waals surface area contributed by atoms with Gasteiger partial charge < -0.3 is 28.8 Å². The van der Waals surface area contributed by atoms with Gasteiger partial charge in [-0.25, -0.2) is 0 Å². The fourth-order valence-corrected chi connectivity index (χ4v) is 5.52.